The van der Waals surface area contributed by atoms with Crippen LogP contribution in [0.5, 0.6) is 5.75 Å². The molecule has 1 aromatic carbocycles. The van der Waals surface area contributed by atoms with Crippen molar-refractivity contribution in [2.45, 2.75) is 37.9 Å². The third-order valence-corrected chi connectivity index (χ3v) is 3.95. The Kier molecular flexibility index (Phi) is 3.27. The van der Waals surface area contributed by atoms with Crippen molar-refractivity contribution >= 4 is 0 Å². The molecule has 3 nitrogen and oxygen atoms in total. The third-order valence-electron chi connectivity index (χ3n) is 3.95. The zero-order valence-electron chi connectivity index (χ0n) is 10.8. The Morgan fingerprint density at radius 3 is 2.94 bits per heavy atom. The molecule has 0 radical (unpaired) electrons. The summed E-state index contributed by atoms with van der Waals surface area (Å²) in [4.78, 5) is 0. The number of aliphatic hydroxyl groups is 1. The summed E-state index contributed by atoms with van der Waals surface area (Å²) in [5.41, 5.74) is 2.11. The minimum atomic E-state index is -0.574. The van der Waals surface area contributed by atoms with Crippen LogP contribution in [0.15, 0.2) is 18.2 Å². The molecule has 1 heterocycles. The van der Waals surface area contributed by atoms with E-state index in [2.05, 4.69) is 6.07 Å². The third kappa shape index (κ3) is 2.13. The van der Waals surface area contributed by atoms with Gasteiger partial charge in [-0.25, -0.2) is 0 Å². The zero-order chi connectivity index (χ0) is 12.5. The number of hydrogen-bond donors (Lipinski definition) is 1. The number of fused-ring (bicyclic) bond motifs is 1. The standard InChI is InChI=1S/C15H20O3/c1-17-15(11-7-8-11)13(16)12-6-2-4-10-5-3-9-18-14(10)12/h2,4,6,11,13,15-16H,3,5,7-9H2,1H3. The summed E-state index contributed by atoms with van der Waals surface area (Å²) < 4.78 is 11.2. The van der Waals surface area contributed by atoms with Crippen LogP contribution in [0.1, 0.15) is 36.5 Å². The molecule has 2 aliphatic rings. The first-order valence-electron chi connectivity index (χ1n) is 6.76. The average molecular weight is 248 g/mol. The molecule has 2 atom stereocenters. The molecule has 1 aliphatic heterocycles. The predicted octanol–water partition coefficient (Wildman–Crippen LogP) is 2.47. The summed E-state index contributed by atoms with van der Waals surface area (Å²) in [5.74, 6) is 1.39. The molecule has 98 valence electrons. The average Bonchev–Trinajstić information content (AvgIpc) is 3.23. The lowest BCUT2D eigenvalue weighted by atomic mass is 9.95. The Labute approximate surface area is 108 Å². The topological polar surface area (TPSA) is 38.7 Å². The van der Waals surface area contributed by atoms with Gasteiger partial charge >= 0.3 is 0 Å². The first kappa shape index (κ1) is 12.0. The molecule has 2 unspecified atom stereocenters. The molecule has 1 aromatic rings. The molecule has 0 saturated heterocycles. The molecule has 0 amide bonds. The molecule has 1 saturated carbocycles. The molecular formula is C15H20O3. The van der Waals surface area contributed by atoms with Crippen LogP contribution in [-0.2, 0) is 11.2 Å². The first-order chi connectivity index (χ1) is 8.81. The quantitative estimate of drug-likeness (QED) is 0.889. The number of aryl methyl sites for hydroxylation is 1. The van der Waals surface area contributed by atoms with Crippen molar-refractivity contribution in [1.29, 1.82) is 0 Å². The highest BCUT2D eigenvalue weighted by atomic mass is 16.5. The molecule has 3 rings (SSSR count). The number of methoxy groups -OCH3 is 1. The van der Waals surface area contributed by atoms with Gasteiger partial charge in [0.2, 0.25) is 0 Å². The molecule has 1 fully saturated rings. The van der Waals surface area contributed by atoms with E-state index in [1.807, 2.05) is 12.1 Å². The maximum absolute atomic E-state index is 10.5. The lowest BCUT2D eigenvalue weighted by molar-refractivity contribution is -0.0272. The SMILES string of the molecule is COC(C1CC1)C(O)c1cccc2c1OCCC2. The minimum Gasteiger partial charge on any atom is -0.493 e. The van der Waals surface area contributed by atoms with Crippen LogP contribution in [0, 0.1) is 5.92 Å². The summed E-state index contributed by atoms with van der Waals surface area (Å²) in [5, 5.41) is 10.5. The van der Waals surface area contributed by atoms with Gasteiger partial charge in [0, 0.05) is 12.7 Å². The van der Waals surface area contributed by atoms with E-state index in [4.69, 9.17) is 9.47 Å². The van der Waals surface area contributed by atoms with E-state index in [0.717, 1.165) is 43.6 Å². The lowest BCUT2D eigenvalue weighted by Crippen LogP contribution is -2.24. The van der Waals surface area contributed by atoms with Gasteiger partial charge in [0.15, 0.2) is 0 Å². The predicted molar refractivity (Wildman–Crippen MR) is 68.7 cm³/mol. The van der Waals surface area contributed by atoms with Gasteiger partial charge in [-0.05, 0) is 37.2 Å². The van der Waals surface area contributed by atoms with Crippen LogP contribution in [0.2, 0.25) is 0 Å². The molecule has 0 bridgehead atoms. The normalized spacial score (nSPS) is 21.9. The van der Waals surface area contributed by atoms with Crippen LogP contribution in [0.3, 0.4) is 0 Å². The van der Waals surface area contributed by atoms with E-state index in [1.165, 1.54) is 5.56 Å². The number of aliphatic hydroxyl groups excluding tert-OH is 1. The summed E-state index contributed by atoms with van der Waals surface area (Å²) >= 11 is 0. The second-order valence-electron chi connectivity index (χ2n) is 5.27. The number of benzene rings is 1. The molecule has 3 heteroatoms. The highest BCUT2D eigenvalue weighted by molar-refractivity contribution is 5.44. The van der Waals surface area contributed by atoms with E-state index < -0.39 is 6.10 Å². The summed E-state index contributed by atoms with van der Waals surface area (Å²) in [7, 11) is 1.68. The first-order valence-corrected chi connectivity index (χ1v) is 6.76. The van der Waals surface area contributed by atoms with Crippen molar-refractivity contribution in [3.8, 4) is 5.75 Å². The van der Waals surface area contributed by atoms with Crippen LogP contribution in [-0.4, -0.2) is 24.9 Å². The van der Waals surface area contributed by atoms with Crippen LogP contribution in [0.25, 0.3) is 0 Å². The van der Waals surface area contributed by atoms with E-state index in [-0.39, 0.29) is 6.10 Å². The van der Waals surface area contributed by atoms with Crippen molar-refractivity contribution in [2.75, 3.05) is 13.7 Å². The molecule has 0 aromatic heterocycles. The van der Waals surface area contributed by atoms with Crippen LogP contribution >= 0.6 is 0 Å². The van der Waals surface area contributed by atoms with Gasteiger partial charge in [-0.2, -0.15) is 0 Å². The summed E-state index contributed by atoms with van der Waals surface area (Å²) in [6, 6.07) is 6.05. The number of hydrogen-bond acceptors (Lipinski definition) is 3. The number of para-hydroxylation sites is 1. The van der Waals surface area contributed by atoms with E-state index >= 15 is 0 Å². The minimum absolute atomic E-state index is 0.0953. The summed E-state index contributed by atoms with van der Waals surface area (Å²) in [6.45, 7) is 0.748. The molecule has 1 N–H and O–H groups in total. The van der Waals surface area contributed by atoms with Gasteiger partial charge in [-0.3, -0.25) is 0 Å². The van der Waals surface area contributed by atoms with Crippen molar-refractivity contribution in [3.63, 3.8) is 0 Å². The molecular weight excluding hydrogens is 228 g/mol. The monoisotopic (exact) mass is 248 g/mol. The second kappa shape index (κ2) is 4.90. The Hall–Kier alpha value is -1.06. The molecule has 18 heavy (non-hydrogen) atoms. The maximum Gasteiger partial charge on any atom is 0.128 e. The highest BCUT2D eigenvalue weighted by Crippen LogP contribution is 2.42. The van der Waals surface area contributed by atoms with Crippen molar-refractivity contribution < 1.29 is 14.6 Å². The van der Waals surface area contributed by atoms with Gasteiger partial charge < -0.3 is 14.6 Å². The van der Waals surface area contributed by atoms with Crippen LogP contribution < -0.4 is 4.74 Å². The van der Waals surface area contributed by atoms with E-state index in [1.54, 1.807) is 7.11 Å². The van der Waals surface area contributed by atoms with Gasteiger partial charge in [0.25, 0.3) is 0 Å². The Morgan fingerprint density at radius 1 is 1.39 bits per heavy atom. The van der Waals surface area contributed by atoms with Gasteiger partial charge in [0.1, 0.15) is 11.9 Å². The Bertz CT molecular complexity index is 426. The maximum atomic E-state index is 10.5. The fourth-order valence-electron chi connectivity index (χ4n) is 2.83. The van der Waals surface area contributed by atoms with E-state index in [0.29, 0.717) is 5.92 Å². The highest BCUT2D eigenvalue weighted by Gasteiger charge is 2.38. The van der Waals surface area contributed by atoms with Crippen molar-refractivity contribution in [1.82, 2.24) is 0 Å². The second-order valence-corrected chi connectivity index (χ2v) is 5.27. The largest absolute Gasteiger partial charge is 0.493 e. The van der Waals surface area contributed by atoms with Gasteiger partial charge in [-0.15, -0.1) is 0 Å². The molecule has 0 spiro atoms. The van der Waals surface area contributed by atoms with Crippen LogP contribution in [0.4, 0.5) is 0 Å². The van der Waals surface area contributed by atoms with Gasteiger partial charge in [0.05, 0.1) is 12.7 Å². The zero-order valence-corrected chi connectivity index (χ0v) is 10.8. The Morgan fingerprint density at radius 2 is 2.22 bits per heavy atom. The van der Waals surface area contributed by atoms with Crippen molar-refractivity contribution in [2.24, 2.45) is 5.92 Å². The van der Waals surface area contributed by atoms with Crippen molar-refractivity contribution in [3.05, 3.63) is 29.3 Å². The number of rotatable bonds is 4. The lowest BCUT2D eigenvalue weighted by Gasteiger charge is -2.26. The number of ether oxygens (including phenoxy) is 2. The Balaban J connectivity index is 1.90. The summed E-state index contributed by atoms with van der Waals surface area (Å²) in [6.07, 6.45) is 3.74. The smallest absolute Gasteiger partial charge is 0.128 e. The fraction of sp³-hybridized carbons (Fsp3) is 0.600. The van der Waals surface area contributed by atoms with E-state index in [9.17, 15) is 5.11 Å². The molecule has 1 aliphatic carbocycles. The van der Waals surface area contributed by atoms with Gasteiger partial charge in [-0.1, -0.05) is 18.2 Å². The fourth-order valence-corrected chi connectivity index (χ4v) is 2.83.